The van der Waals surface area contributed by atoms with E-state index in [0.29, 0.717) is 11.4 Å². The maximum absolute atomic E-state index is 12.6. The summed E-state index contributed by atoms with van der Waals surface area (Å²) >= 11 is 1.15. The normalized spacial score (nSPS) is 11.2. The summed E-state index contributed by atoms with van der Waals surface area (Å²) in [7, 11) is -2.14. The highest BCUT2D eigenvalue weighted by atomic mass is 32.2. The van der Waals surface area contributed by atoms with Gasteiger partial charge in [-0.15, -0.1) is 11.3 Å². The molecule has 0 radical (unpaired) electrons. The Kier molecular flexibility index (Phi) is 8.24. The molecule has 0 spiro atoms. The van der Waals surface area contributed by atoms with E-state index in [9.17, 15) is 18.0 Å². The van der Waals surface area contributed by atoms with Crippen LogP contribution in [0.4, 0.5) is 5.69 Å². The standard InChI is InChI=1S/C20H26N2O6S2/c1-5-27-19(24)13-22(15(2)3)18(23)14-28-17-10-8-16(9-11-17)21(4)30(25,26)20-7-6-12-29-20/h6-12,15H,5,13-14H2,1-4H3. The van der Waals surface area contributed by atoms with Crippen LogP contribution >= 0.6 is 11.3 Å². The second-order valence-corrected chi connectivity index (χ2v) is 9.75. The average Bonchev–Trinajstić information content (AvgIpc) is 3.26. The van der Waals surface area contributed by atoms with E-state index < -0.39 is 16.0 Å². The number of esters is 1. The van der Waals surface area contributed by atoms with Crippen LogP contribution in [-0.2, 0) is 24.3 Å². The Hall–Kier alpha value is -2.59. The number of sulfonamides is 1. The zero-order valence-corrected chi connectivity index (χ0v) is 19.0. The van der Waals surface area contributed by atoms with Crippen molar-refractivity contribution in [2.45, 2.75) is 31.0 Å². The van der Waals surface area contributed by atoms with Crippen molar-refractivity contribution in [1.82, 2.24) is 4.90 Å². The van der Waals surface area contributed by atoms with Crippen molar-refractivity contribution in [1.29, 1.82) is 0 Å². The second kappa shape index (κ2) is 10.4. The summed E-state index contributed by atoms with van der Waals surface area (Å²) in [6.45, 7) is 5.16. The summed E-state index contributed by atoms with van der Waals surface area (Å²) in [5.74, 6) is -0.410. The van der Waals surface area contributed by atoms with Gasteiger partial charge in [-0.2, -0.15) is 0 Å². The summed E-state index contributed by atoms with van der Waals surface area (Å²) in [5, 5.41) is 1.71. The molecule has 0 aliphatic carbocycles. The first-order chi connectivity index (χ1) is 14.2. The van der Waals surface area contributed by atoms with Gasteiger partial charge >= 0.3 is 5.97 Å². The quantitative estimate of drug-likeness (QED) is 0.513. The molecule has 0 saturated carbocycles. The lowest BCUT2D eigenvalue weighted by Crippen LogP contribution is -2.43. The van der Waals surface area contributed by atoms with Crippen LogP contribution in [-0.4, -0.2) is 58.0 Å². The number of amides is 1. The molecule has 0 fully saturated rings. The molecule has 1 heterocycles. The first kappa shape index (κ1) is 23.7. The van der Waals surface area contributed by atoms with Crippen molar-refractivity contribution in [2.24, 2.45) is 0 Å². The molecule has 10 heteroatoms. The molecule has 0 atom stereocenters. The van der Waals surface area contributed by atoms with E-state index in [4.69, 9.17) is 9.47 Å². The number of carbonyl (C=O) groups excluding carboxylic acids is 2. The highest BCUT2D eigenvalue weighted by Gasteiger charge is 2.23. The first-order valence-electron chi connectivity index (χ1n) is 9.37. The summed E-state index contributed by atoms with van der Waals surface area (Å²) in [4.78, 5) is 25.5. The van der Waals surface area contributed by atoms with Gasteiger partial charge in [-0.25, -0.2) is 8.42 Å². The van der Waals surface area contributed by atoms with Crippen molar-refractivity contribution in [3.8, 4) is 5.75 Å². The predicted molar refractivity (Wildman–Crippen MR) is 115 cm³/mol. The number of benzene rings is 1. The van der Waals surface area contributed by atoms with Crippen molar-refractivity contribution in [3.63, 3.8) is 0 Å². The average molecular weight is 455 g/mol. The number of anilines is 1. The Bertz CT molecular complexity index is 940. The molecule has 2 aromatic rings. The fourth-order valence-electron chi connectivity index (χ4n) is 2.57. The van der Waals surface area contributed by atoms with Gasteiger partial charge in [-0.1, -0.05) is 6.07 Å². The maximum Gasteiger partial charge on any atom is 0.325 e. The van der Waals surface area contributed by atoms with Crippen LogP contribution in [0.3, 0.4) is 0 Å². The number of rotatable bonds is 10. The number of nitrogens with zero attached hydrogens (tertiary/aromatic N) is 2. The number of carbonyl (C=O) groups is 2. The fraction of sp³-hybridized carbons (Fsp3) is 0.400. The van der Waals surface area contributed by atoms with Gasteiger partial charge in [-0.3, -0.25) is 13.9 Å². The summed E-state index contributed by atoms with van der Waals surface area (Å²) in [6, 6.07) is 9.43. The SMILES string of the molecule is CCOC(=O)CN(C(=O)COc1ccc(N(C)S(=O)(=O)c2cccs2)cc1)C(C)C. The zero-order chi connectivity index (χ0) is 22.3. The van der Waals surface area contributed by atoms with Crippen molar-refractivity contribution >= 4 is 38.9 Å². The summed E-state index contributed by atoms with van der Waals surface area (Å²) in [6.07, 6.45) is 0. The molecular weight excluding hydrogens is 428 g/mol. The van der Waals surface area contributed by atoms with Gasteiger partial charge < -0.3 is 14.4 Å². The molecule has 0 N–H and O–H groups in total. The molecule has 1 aromatic carbocycles. The maximum atomic E-state index is 12.6. The van der Waals surface area contributed by atoms with Gasteiger partial charge in [0, 0.05) is 13.1 Å². The van der Waals surface area contributed by atoms with Crippen LogP contribution in [0, 0.1) is 0 Å². The molecular formula is C20H26N2O6S2. The molecule has 0 unspecified atom stereocenters. The molecule has 164 valence electrons. The van der Waals surface area contributed by atoms with E-state index in [1.807, 2.05) is 0 Å². The van der Waals surface area contributed by atoms with E-state index in [-0.39, 0.29) is 35.9 Å². The Morgan fingerprint density at radius 1 is 1.13 bits per heavy atom. The Morgan fingerprint density at radius 3 is 2.33 bits per heavy atom. The highest BCUT2D eigenvalue weighted by Crippen LogP contribution is 2.26. The van der Waals surface area contributed by atoms with Crippen molar-refractivity contribution in [3.05, 3.63) is 41.8 Å². The van der Waals surface area contributed by atoms with Gasteiger partial charge in [0.25, 0.3) is 15.9 Å². The molecule has 1 aromatic heterocycles. The van der Waals surface area contributed by atoms with Crippen LogP contribution in [0.25, 0.3) is 0 Å². The van der Waals surface area contributed by atoms with Gasteiger partial charge in [0.15, 0.2) is 6.61 Å². The van der Waals surface area contributed by atoms with E-state index in [1.54, 1.807) is 62.5 Å². The number of ether oxygens (including phenoxy) is 2. The third-order valence-corrected chi connectivity index (χ3v) is 7.38. The van der Waals surface area contributed by atoms with Gasteiger partial charge in [-0.05, 0) is 56.5 Å². The highest BCUT2D eigenvalue weighted by molar-refractivity contribution is 7.94. The zero-order valence-electron chi connectivity index (χ0n) is 17.4. The number of hydrogen-bond donors (Lipinski definition) is 0. The minimum Gasteiger partial charge on any atom is -0.484 e. The van der Waals surface area contributed by atoms with Crippen LogP contribution in [0.2, 0.25) is 0 Å². The van der Waals surface area contributed by atoms with Gasteiger partial charge in [0.05, 0.1) is 12.3 Å². The number of thiophene rings is 1. The third kappa shape index (κ3) is 5.96. The van der Waals surface area contributed by atoms with Crippen molar-refractivity contribution < 1.29 is 27.5 Å². The topological polar surface area (TPSA) is 93.2 Å². The molecule has 0 bridgehead atoms. The minimum absolute atomic E-state index is 0.141. The first-order valence-corrected chi connectivity index (χ1v) is 11.7. The molecule has 0 aliphatic rings. The third-order valence-electron chi connectivity index (χ3n) is 4.22. The Labute approximate surface area is 181 Å². The molecule has 0 aliphatic heterocycles. The molecule has 30 heavy (non-hydrogen) atoms. The second-order valence-electron chi connectivity index (χ2n) is 6.61. The van der Waals surface area contributed by atoms with E-state index in [0.717, 1.165) is 11.3 Å². The van der Waals surface area contributed by atoms with Crippen molar-refractivity contribution in [2.75, 3.05) is 31.1 Å². The van der Waals surface area contributed by atoms with Gasteiger partial charge in [0.2, 0.25) is 0 Å². The lowest BCUT2D eigenvalue weighted by molar-refractivity contribution is -0.150. The van der Waals surface area contributed by atoms with E-state index in [1.165, 1.54) is 16.3 Å². The number of hydrogen-bond acceptors (Lipinski definition) is 7. The van der Waals surface area contributed by atoms with Crippen LogP contribution in [0.15, 0.2) is 46.0 Å². The molecule has 1 amide bonds. The Balaban J connectivity index is 2.00. The monoisotopic (exact) mass is 454 g/mol. The van der Waals surface area contributed by atoms with Crippen LogP contribution < -0.4 is 9.04 Å². The molecule has 2 rings (SSSR count). The predicted octanol–water partition coefficient (Wildman–Crippen LogP) is 2.75. The summed E-state index contributed by atoms with van der Waals surface area (Å²) < 4.78 is 37.0. The lowest BCUT2D eigenvalue weighted by atomic mass is 10.3. The fourth-order valence-corrected chi connectivity index (χ4v) is 4.93. The van der Waals surface area contributed by atoms with E-state index >= 15 is 0 Å². The van der Waals surface area contributed by atoms with Crippen LogP contribution in [0.1, 0.15) is 20.8 Å². The molecule has 8 nitrogen and oxygen atoms in total. The Morgan fingerprint density at radius 2 is 1.80 bits per heavy atom. The molecule has 0 saturated heterocycles. The lowest BCUT2D eigenvalue weighted by Gasteiger charge is -2.25. The van der Waals surface area contributed by atoms with Crippen LogP contribution in [0.5, 0.6) is 5.75 Å². The largest absolute Gasteiger partial charge is 0.484 e. The van der Waals surface area contributed by atoms with Gasteiger partial charge in [0.1, 0.15) is 16.5 Å². The smallest absolute Gasteiger partial charge is 0.325 e. The summed E-state index contributed by atoms with van der Waals surface area (Å²) in [5.41, 5.74) is 0.466. The van der Waals surface area contributed by atoms with E-state index in [2.05, 4.69) is 0 Å². The minimum atomic E-state index is -3.62.